The van der Waals surface area contributed by atoms with Crippen LogP contribution in [0.1, 0.15) is 0 Å². The fourth-order valence-corrected chi connectivity index (χ4v) is 0.582. The molecule has 0 aromatic heterocycles. The normalized spacial score (nSPS) is 8.10. The molecule has 0 aliphatic heterocycles. The van der Waals surface area contributed by atoms with Gasteiger partial charge in [0, 0.05) is 0 Å². The largest absolute Gasteiger partial charge is 0.508 e. The molecule has 0 heterocycles. The van der Waals surface area contributed by atoms with Gasteiger partial charge in [0.05, 0.1) is 7.11 Å². The summed E-state index contributed by atoms with van der Waals surface area (Å²) in [6, 6.07) is 6.57. The predicted molar refractivity (Wildman–Crippen MR) is 44.6 cm³/mol. The maximum Gasteiger partial charge on any atom is 0.187 e. The zero-order chi connectivity index (χ0) is 6.69. The molecule has 1 aromatic carbocycles. The number of rotatable bonds is 1. The van der Waals surface area contributed by atoms with Gasteiger partial charge < -0.3 is 9.84 Å². The monoisotopic (exact) mass is 154 g/mol. The first-order valence-electron chi connectivity index (χ1n) is 2.66. The first-order valence-corrected chi connectivity index (χ1v) is 2.66. The van der Waals surface area contributed by atoms with Gasteiger partial charge in [-0.05, 0) is 24.3 Å². The predicted octanol–water partition coefficient (Wildman–Crippen LogP) is 0.217. The van der Waals surface area contributed by atoms with E-state index < -0.39 is 0 Å². The zero-order valence-corrected chi connectivity index (χ0v) is 5.16. The SMILES string of the molecule is COc1ccc(O)cc1.[AlH3]. The van der Waals surface area contributed by atoms with Crippen molar-refractivity contribution in [1.29, 1.82) is 0 Å². The van der Waals surface area contributed by atoms with Crippen LogP contribution >= 0.6 is 0 Å². The average molecular weight is 154 g/mol. The van der Waals surface area contributed by atoms with Gasteiger partial charge in [-0.15, -0.1) is 0 Å². The maximum atomic E-state index is 8.80. The summed E-state index contributed by atoms with van der Waals surface area (Å²) in [5.74, 6) is 1.02. The number of aromatic hydroxyl groups is 1. The van der Waals surface area contributed by atoms with Crippen LogP contribution in [-0.2, 0) is 0 Å². The van der Waals surface area contributed by atoms with E-state index in [1.54, 1.807) is 31.4 Å². The van der Waals surface area contributed by atoms with Crippen LogP contribution in [0.2, 0.25) is 0 Å². The van der Waals surface area contributed by atoms with Gasteiger partial charge in [0.2, 0.25) is 0 Å². The summed E-state index contributed by atoms with van der Waals surface area (Å²) in [6.07, 6.45) is 0. The lowest BCUT2D eigenvalue weighted by Gasteiger charge is -1.96. The van der Waals surface area contributed by atoms with E-state index in [9.17, 15) is 0 Å². The van der Waals surface area contributed by atoms with E-state index in [0.717, 1.165) is 5.75 Å². The van der Waals surface area contributed by atoms with Crippen LogP contribution in [0.5, 0.6) is 11.5 Å². The molecular formula is C7H11AlO2. The number of phenolic OH excluding ortho intramolecular Hbond substituents is 1. The van der Waals surface area contributed by atoms with E-state index in [1.165, 1.54) is 0 Å². The third-order valence-electron chi connectivity index (χ3n) is 1.07. The van der Waals surface area contributed by atoms with Crippen LogP contribution in [0.15, 0.2) is 24.3 Å². The Hall–Kier alpha value is -0.648. The minimum Gasteiger partial charge on any atom is -0.508 e. The second-order valence-electron chi connectivity index (χ2n) is 1.70. The van der Waals surface area contributed by atoms with Gasteiger partial charge >= 0.3 is 0 Å². The molecule has 0 fully saturated rings. The van der Waals surface area contributed by atoms with Crippen molar-refractivity contribution in [2.45, 2.75) is 0 Å². The van der Waals surface area contributed by atoms with Gasteiger partial charge in [-0.2, -0.15) is 0 Å². The molecule has 0 unspecified atom stereocenters. The van der Waals surface area contributed by atoms with Crippen molar-refractivity contribution in [3.05, 3.63) is 24.3 Å². The van der Waals surface area contributed by atoms with Gasteiger partial charge in [-0.25, -0.2) is 0 Å². The Kier molecular flexibility index (Phi) is 3.94. The number of hydrogen-bond acceptors (Lipinski definition) is 2. The fraction of sp³-hybridized carbons (Fsp3) is 0.143. The Labute approximate surface area is 70.6 Å². The molecule has 0 atom stereocenters. The zero-order valence-electron chi connectivity index (χ0n) is 5.16. The van der Waals surface area contributed by atoms with Crippen LogP contribution in [0.3, 0.4) is 0 Å². The molecule has 0 spiro atoms. The quantitative estimate of drug-likeness (QED) is 0.586. The molecule has 0 bridgehead atoms. The number of ether oxygens (including phenoxy) is 1. The Morgan fingerprint density at radius 3 is 2.10 bits per heavy atom. The number of phenols is 1. The van der Waals surface area contributed by atoms with Crippen molar-refractivity contribution < 1.29 is 9.84 Å². The molecular weight excluding hydrogens is 143 g/mol. The Bertz CT molecular complexity index is 183. The van der Waals surface area contributed by atoms with E-state index in [-0.39, 0.29) is 23.1 Å². The van der Waals surface area contributed by atoms with Crippen molar-refractivity contribution in [2.24, 2.45) is 0 Å². The van der Waals surface area contributed by atoms with Gasteiger partial charge in [-0.1, -0.05) is 0 Å². The van der Waals surface area contributed by atoms with Gasteiger partial charge in [0.25, 0.3) is 0 Å². The molecule has 3 heteroatoms. The lowest BCUT2D eigenvalue weighted by Crippen LogP contribution is -1.79. The van der Waals surface area contributed by atoms with Crippen LogP contribution < -0.4 is 4.74 Å². The van der Waals surface area contributed by atoms with E-state index in [0.29, 0.717) is 0 Å². The van der Waals surface area contributed by atoms with E-state index in [2.05, 4.69) is 0 Å². The molecule has 0 saturated heterocycles. The molecule has 54 valence electrons. The highest BCUT2D eigenvalue weighted by atomic mass is 27.0. The van der Waals surface area contributed by atoms with Crippen LogP contribution in [0.4, 0.5) is 0 Å². The lowest BCUT2D eigenvalue weighted by molar-refractivity contribution is 0.412. The molecule has 10 heavy (non-hydrogen) atoms. The van der Waals surface area contributed by atoms with Crippen molar-refractivity contribution in [2.75, 3.05) is 7.11 Å². The third-order valence-corrected chi connectivity index (χ3v) is 1.07. The Morgan fingerprint density at radius 1 is 1.20 bits per heavy atom. The summed E-state index contributed by atoms with van der Waals surface area (Å²) < 4.78 is 4.86. The molecule has 0 aliphatic rings. The van der Waals surface area contributed by atoms with Crippen molar-refractivity contribution in [3.8, 4) is 11.5 Å². The molecule has 1 N–H and O–H groups in total. The minimum atomic E-state index is 0. The van der Waals surface area contributed by atoms with E-state index >= 15 is 0 Å². The van der Waals surface area contributed by atoms with Gasteiger partial charge in [-0.3, -0.25) is 0 Å². The second kappa shape index (κ2) is 4.21. The number of hydrogen-bond donors (Lipinski definition) is 1. The molecule has 0 aliphatic carbocycles. The summed E-state index contributed by atoms with van der Waals surface area (Å²) in [4.78, 5) is 0. The van der Waals surface area contributed by atoms with Gasteiger partial charge in [0.15, 0.2) is 17.4 Å². The first kappa shape index (κ1) is 9.35. The van der Waals surface area contributed by atoms with Crippen LogP contribution in [0, 0.1) is 0 Å². The smallest absolute Gasteiger partial charge is 0.187 e. The summed E-state index contributed by atoms with van der Waals surface area (Å²) in [6.45, 7) is 0. The average Bonchev–Trinajstić information content (AvgIpc) is 1.90. The standard InChI is InChI=1S/C7H8O2.Al.3H/c1-9-7-4-2-6(8)3-5-7;;;;/h2-5,8H,1H3;;;;. The number of methoxy groups -OCH3 is 1. The number of benzene rings is 1. The maximum absolute atomic E-state index is 8.80. The van der Waals surface area contributed by atoms with Crippen molar-refractivity contribution in [3.63, 3.8) is 0 Å². The Balaban J connectivity index is 0.000000810. The lowest BCUT2D eigenvalue weighted by atomic mass is 10.3. The highest BCUT2D eigenvalue weighted by Crippen LogP contribution is 2.14. The summed E-state index contributed by atoms with van der Waals surface area (Å²) in [5, 5.41) is 8.80. The van der Waals surface area contributed by atoms with Crippen LogP contribution in [-0.4, -0.2) is 29.6 Å². The molecule has 0 saturated carbocycles. The van der Waals surface area contributed by atoms with E-state index in [1.807, 2.05) is 0 Å². The first-order chi connectivity index (χ1) is 4.33. The summed E-state index contributed by atoms with van der Waals surface area (Å²) in [5.41, 5.74) is 0. The van der Waals surface area contributed by atoms with Gasteiger partial charge in [0.1, 0.15) is 11.5 Å². The topological polar surface area (TPSA) is 29.5 Å². The van der Waals surface area contributed by atoms with E-state index in [4.69, 9.17) is 9.84 Å². The molecule has 1 aromatic rings. The fourth-order valence-electron chi connectivity index (χ4n) is 0.582. The minimum absolute atomic E-state index is 0. The molecule has 2 nitrogen and oxygen atoms in total. The van der Waals surface area contributed by atoms with Crippen LogP contribution in [0.25, 0.3) is 0 Å². The highest BCUT2D eigenvalue weighted by molar-refractivity contribution is 5.75. The molecule has 0 radical (unpaired) electrons. The molecule has 0 amide bonds. The highest BCUT2D eigenvalue weighted by Gasteiger charge is 1.87. The van der Waals surface area contributed by atoms with Crippen molar-refractivity contribution in [1.82, 2.24) is 0 Å². The second-order valence-corrected chi connectivity index (χ2v) is 1.70. The third kappa shape index (κ3) is 2.30. The Morgan fingerprint density at radius 2 is 1.70 bits per heavy atom. The summed E-state index contributed by atoms with van der Waals surface area (Å²) in [7, 11) is 1.59. The summed E-state index contributed by atoms with van der Waals surface area (Å²) >= 11 is 0. The van der Waals surface area contributed by atoms with Crippen molar-refractivity contribution >= 4 is 17.4 Å². The molecule has 1 rings (SSSR count).